The van der Waals surface area contributed by atoms with Crippen LogP contribution in [0, 0.1) is 6.92 Å². The topological polar surface area (TPSA) is 9.23 Å². The second-order valence-electron chi connectivity index (χ2n) is 5.36. The lowest BCUT2D eigenvalue weighted by molar-refractivity contribution is 0.605. The highest BCUT2D eigenvalue weighted by Gasteiger charge is 2.07. The van der Waals surface area contributed by atoms with Gasteiger partial charge < -0.3 is 4.43 Å². The van der Waals surface area contributed by atoms with Gasteiger partial charge in [0.05, 0.1) is 0 Å². The van der Waals surface area contributed by atoms with E-state index < -0.39 is 0 Å². The summed E-state index contributed by atoms with van der Waals surface area (Å²) in [5.41, 5.74) is 3.59. The Balaban J connectivity index is 1.85. The van der Waals surface area contributed by atoms with Crippen molar-refractivity contribution in [2.75, 3.05) is 0 Å². The van der Waals surface area contributed by atoms with Crippen molar-refractivity contribution in [3.8, 4) is 5.75 Å². The Hall–Kier alpha value is -2.58. The lowest BCUT2D eigenvalue weighted by Gasteiger charge is -2.09. The number of hydrogen-bond acceptors (Lipinski definition) is 1. The van der Waals surface area contributed by atoms with Crippen LogP contribution in [-0.2, 0) is 0 Å². The highest BCUT2D eigenvalue weighted by atomic mass is 28.2. The predicted octanol–water partition coefficient (Wildman–Crippen LogP) is 5.19. The summed E-state index contributed by atoms with van der Waals surface area (Å²) < 4.78 is 6.04. The maximum atomic E-state index is 6.04. The summed E-state index contributed by atoms with van der Waals surface area (Å²) >= 11 is 0. The van der Waals surface area contributed by atoms with E-state index in [0.29, 0.717) is 0 Å². The Labute approximate surface area is 140 Å². The first-order valence-electron chi connectivity index (χ1n) is 7.63. The molecule has 0 saturated carbocycles. The Morgan fingerprint density at radius 2 is 1.52 bits per heavy atom. The van der Waals surface area contributed by atoms with Gasteiger partial charge in [-0.25, -0.2) is 0 Å². The molecule has 0 N–H and O–H groups in total. The maximum absolute atomic E-state index is 6.04. The molecule has 0 heterocycles. The van der Waals surface area contributed by atoms with Crippen LogP contribution in [-0.4, -0.2) is 9.76 Å². The van der Waals surface area contributed by atoms with Gasteiger partial charge in [0, 0.05) is 0 Å². The van der Waals surface area contributed by atoms with Crippen LogP contribution < -0.4 is 4.43 Å². The molecule has 0 saturated heterocycles. The van der Waals surface area contributed by atoms with Gasteiger partial charge in [-0.3, -0.25) is 0 Å². The minimum absolute atomic E-state index is 0.261. The van der Waals surface area contributed by atoms with Crippen LogP contribution in [0.3, 0.4) is 0 Å². The number of aryl methyl sites for hydroxylation is 1. The minimum atomic E-state index is 0.261. The summed E-state index contributed by atoms with van der Waals surface area (Å²) in [6, 6.07) is 29.0. The average Bonchev–Trinajstić information content (AvgIpc) is 2.60. The minimum Gasteiger partial charge on any atom is -0.536 e. The first-order valence-corrected chi connectivity index (χ1v) is 8.54. The molecule has 0 aliphatic rings. The van der Waals surface area contributed by atoms with Crippen molar-refractivity contribution in [1.29, 1.82) is 0 Å². The normalized spacial score (nSPS) is 11.3. The SMILES string of the molecule is Cc1cccc(O[Si]/C(=C\c2ccccc2)c2ccccc2)c1. The fourth-order valence-electron chi connectivity index (χ4n) is 2.30. The fraction of sp³-hybridized carbons (Fsp3) is 0.0476. The van der Waals surface area contributed by atoms with Gasteiger partial charge in [-0.1, -0.05) is 78.9 Å². The summed E-state index contributed by atoms with van der Waals surface area (Å²) in [4.78, 5) is 0. The van der Waals surface area contributed by atoms with Gasteiger partial charge in [-0.05, 0) is 40.9 Å². The molecule has 0 bridgehead atoms. The third kappa shape index (κ3) is 4.44. The van der Waals surface area contributed by atoms with Crippen molar-refractivity contribution in [2.24, 2.45) is 0 Å². The van der Waals surface area contributed by atoms with Crippen LogP contribution in [0.2, 0.25) is 0 Å². The lowest BCUT2D eigenvalue weighted by atomic mass is 10.1. The van der Waals surface area contributed by atoms with Crippen LogP contribution in [0.15, 0.2) is 84.9 Å². The molecule has 2 radical (unpaired) electrons. The number of rotatable bonds is 5. The van der Waals surface area contributed by atoms with E-state index in [1.807, 2.05) is 24.3 Å². The summed E-state index contributed by atoms with van der Waals surface area (Å²) in [6.45, 7) is 2.08. The van der Waals surface area contributed by atoms with Gasteiger partial charge in [0.2, 0.25) is 0 Å². The van der Waals surface area contributed by atoms with E-state index in [0.717, 1.165) is 5.75 Å². The van der Waals surface area contributed by atoms with Crippen LogP contribution >= 0.6 is 0 Å². The quantitative estimate of drug-likeness (QED) is 0.465. The average molecular weight is 314 g/mol. The molecule has 0 atom stereocenters. The smallest absolute Gasteiger partial charge is 0.351 e. The van der Waals surface area contributed by atoms with Gasteiger partial charge in [0.25, 0.3) is 0 Å². The van der Waals surface area contributed by atoms with Gasteiger partial charge in [0.15, 0.2) is 0 Å². The third-order valence-electron chi connectivity index (χ3n) is 3.46. The molecule has 23 heavy (non-hydrogen) atoms. The van der Waals surface area contributed by atoms with Crippen LogP contribution in [0.4, 0.5) is 0 Å². The lowest BCUT2D eigenvalue weighted by Crippen LogP contribution is -2.05. The van der Waals surface area contributed by atoms with E-state index in [-0.39, 0.29) is 9.76 Å². The molecule has 2 heteroatoms. The Morgan fingerprint density at radius 3 is 2.22 bits per heavy atom. The molecule has 0 spiro atoms. The maximum Gasteiger partial charge on any atom is 0.351 e. The summed E-state index contributed by atoms with van der Waals surface area (Å²) in [5, 5.41) is 1.19. The van der Waals surface area contributed by atoms with Crippen LogP contribution in [0.5, 0.6) is 5.75 Å². The molecule has 3 aromatic carbocycles. The predicted molar refractivity (Wildman–Crippen MR) is 98.3 cm³/mol. The molecule has 0 aliphatic heterocycles. The van der Waals surface area contributed by atoms with E-state index in [2.05, 4.69) is 73.7 Å². The summed E-state index contributed by atoms with van der Waals surface area (Å²) in [7, 11) is 0.261. The molecule has 0 unspecified atom stereocenters. The largest absolute Gasteiger partial charge is 0.536 e. The van der Waals surface area contributed by atoms with E-state index >= 15 is 0 Å². The zero-order valence-electron chi connectivity index (χ0n) is 13.1. The zero-order chi connectivity index (χ0) is 15.9. The van der Waals surface area contributed by atoms with Gasteiger partial charge in [0.1, 0.15) is 5.75 Å². The molecule has 112 valence electrons. The van der Waals surface area contributed by atoms with Crippen molar-refractivity contribution in [3.05, 3.63) is 102 Å². The molecular weight excluding hydrogens is 296 g/mol. The number of hydrogen-bond donors (Lipinski definition) is 0. The second-order valence-corrected chi connectivity index (χ2v) is 6.30. The number of benzene rings is 3. The first-order chi connectivity index (χ1) is 11.3. The molecule has 0 aromatic heterocycles. The van der Waals surface area contributed by atoms with E-state index in [1.165, 1.54) is 21.9 Å². The monoisotopic (exact) mass is 314 g/mol. The van der Waals surface area contributed by atoms with Crippen molar-refractivity contribution in [3.63, 3.8) is 0 Å². The fourth-order valence-corrected chi connectivity index (χ4v) is 3.16. The van der Waals surface area contributed by atoms with E-state index in [9.17, 15) is 0 Å². The highest BCUT2D eigenvalue weighted by Crippen LogP contribution is 2.19. The van der Waals surface area contributed by atoms with Crippen molar-refractivity contribution in [2.45, 2.75) is 6.92 Å². The molecule has 0 fully saturated rings. The zero-order valence-corrected chi connectivity index (χ0v) is 14.1. The molecule has 1 nitrogen and oxygen atoms in total. The van der Waals surface area contributed by atoms with Gasteiger partial charge in [-0.15, -0.1) is 0 Å². The van der Waals surface area contributed by atoms with Crippen molar-refractivity contribution >= 4 is 21.0 Å². The van der Waals surface area contributed by atoms with Crippen molar-refractivity contribution in [1.82, 2.24) is 0 Å². The van der Waals surface area contributed by atoms with E-state index in [1.54, 1.807) is 0 Å². The van der Waals surface area contributed by atoms with Gasteiger partial charge in [-0.2, -0.15) is 0 Å². The molecule has 3 rings (SSSR count). The Kier molecular flexibility index (Phi) is 5.07. The molecule has 0 amide bonds. The summed E-state index contributed by atoms with van der Waals surface area (Å²) in [5.74, 6) is 0.915. The third-order valence-corrected chi connectivity index (χ3v) is 4.45. The molecular formula is C21H18OSi. The standard InChI is InChI=1S/C21H18OSi/c1-17-9-8-14-20(15-17)22-23-21(19-12-6-3-7-13-19)16-18-10-4-2-5-11-18/h2-16H,1H3/b21-16-. The molecule has 3 aromatic rings. The van der Waals surface area contributed by atoms with E-state index in [4.69, 9.17) is 4.43 Å². The highest BCUT2D eigenvalue weighted by molar-refractivity contribution is 6.58. The van der Waals surface area contributed by atoms with Crippen LogP contribution in [0.1, 0.15) is 16.7 Å². The second kappa shape index (κ2) is 7.61. The Morgan fingerprint density at radius 1 is 0.826 bits per heavy atom. The molecule has 0 aliphatic carbocycles. The van der Waals surface area contributed by atoms with Crippen molar-refractivity contribution < 1.29 is 4.43 Å². The van der Waals surface area contributed by atoms with Crippen LogP contribution in [0.25, 0.3) is 11.3 Å². The Bertz CT molecular complexity index is 779. The van der Waals surface area contributed by atoms with Gasteiger partial charge >= 0.3 is 9.76 Å². The first kappa shape index (κ1) is 15.3. The summed E-state index contributed by atoms with van der Waals surface area (Å²) in [6.07, 6.45) is 2.20.